The normalized spacial score (nSPS) is 17.4. The molecule has 2 aliphatic rings. The van der Waals surface area contributed by atoms with Crippen molar-refractivity contribution in [1.29, 1.82) is 0 Å². The fourth-order valence-electron chi connectivity index (χ4n) is 3.16. The van der Waals surface area contributed by atoms with Gasteiger partial charge in [0.15, 0.2) is 0 Å². The molecule has 8 nitrogen and oxygen atoms in total. The van der Waals surface area contributed by atoms with Crippen molar-refractivity contribution in [3.63, 3.8) is 0 Å². The highest BCUT2D eigenvalue weighted by Crippen LogP contribution is 2.38. The van der Waals surface area contributed by atoms with Crippen LogP contribution in [0.25, 0.3) is 0 Å². The summed E-state index contributed by atoms with van der Waals surface area (Å²) in [4.78, 5) is 27.1. The Morgan fingerprint density at radius 2 is 2.12 bits per heavy atom. The van der Waals surface area contributed by atoms with E-state index < -0.39 is 5.97 Å². The quantitative estimate of drug-likeness (QED) is 0.816. The summed E-state index contributed by atoms with van der Waals surface area (Å²) in [7, 11) is 1.84. The smallest absolute Gasteiger partial charge is 0.317 e. The van der Waals surface area contributed by atoms with E-state index >= 15 is 0 Å². The Hall–Kier alpha value is -2.10. The van der Waals surface area contributed by atoms with Gasteiger partial charge in [0, 0.05) is 19.1 Å². The van der Waals surface area contributed by atoms with E-state index in [0.29, 0.717) is 12.2 Å². The molecule has 1 aromatic rings. The van der Waals surface area contributed by atoms with Gasteiger partial charge in [-0.25, -0.2) is 0 Å². The van der Waals surface area contributed by atoms with Gasteiger partial charge in [0.2, 0.25) is 5.91 Å². The molecule has 0 spiro atoms. The van der Waals surface area contributed by atoms with E-state index in [9.17, 15) is 9.59 Å². The highest BCUT2D eigenvalue weighted by atomic mass is 32.1. The summed E-state index contributed by atoms with van der Waals surface area (Å²) < 4.78 is 8.39. The molecule has 0 bridgehead atoms. The number of likely N-dealkylation sites (N-methyl/N-ethyl adjacent to an activating group) is 1. The molecule has 1 amide bonds. The first-order valence-electron chi connectivity index (χ1n) is 8.18. The van der Waals surface area contributed by atoms with Gasteiger partial charge in [-0.3, -0.25) is 19.4 Å². The first-order valence-corrected chi connectivity index (χ1v) is 8.91. The summed E-state index contributed by atoms with van der Waals surface area (Å²) in [5.74, 6) is -0.882. The van der Waals surface area contributed by atoms with Crippen LogP contribution in [0.3, 0.4) is 0 Å². The zero-order valence-corrected chi connectivity index (χ0v) is 14.8. The van der Waals surface area contributed by atoms with E-state index in [4.69, 9.17) is 5.11 Å². The van der Waals surface area contributed by atoms with Crippen molar-refractivity contribution in [2.24, 2.45) is 8.73 Å². The lowest BCUT2D eigenvalue weighted by molar-refractivity contribution is -0.138. The number of aliphatic carboxylic acids is 1. The third kappa shape index (κ3) is 4.50. The second-order valence-electron chi connectivity index (χ2n) is 6.30. The number of likely N-dealkylation sites (tertiary alicyclic amines) is 1. The molecule has 25 heavy (non-hydrogen) atoms. The van der Waals surface area contributed by atoms with Gasteiger partial charge in [-0.2, -0.15) is 8.73 Å². The largest absolute Gasteiger partial charge is 0.480 e. The molecule has 1 aromatic carbocycles. The Bertz CT molecular complexity index is 739. The van der Waals surface area contributed by atoms with Crippen molar-refractivity contribution in [3.05, 3.63) is 18.2 Å². The van der Waals surface area contributed by atoms with Crippen LogP contribution in [0.4, 0.5) is 17.1 Å². The van der Waals surface area contributed by atoms with E-state index in [1.807, 2.05) is 30.1 Å². The van der Waals surface area contributed by atoms with Gasteiger partial charge < -0.3 is 10.4 Å². The average molecular weight is 363 g/mol. The molecule has 9 heteroatoms. The fraction of sp³-hybridized carbons (Fsp3) is 0.500. The number of carboxylic acids is 1. The number of piperidine rings is 1. The number of nitrogens with zero attached hydrogens (tertiary/aromatic N) is 4. The van der Waals surface area contributed by atoms with Gasteiger partial charge in [-0.15, -0.1) is 0 Å². The molecule has 1 saturated heterocycles. The predicted molar refractivity (Wildman–Crippen MR) is 96.3 cm³/mol. The molecule has 0 unspecified atom stereocenters. The minimum atomic E-state index is -0.810. The van der Waals surface area contributed by atoms with Crippen molar-refractivity contribution in [2.75, 3.05) is 38.5 Å². The van der Waals surface area contributed by atoms with E-state index in [-0.39, 0.29) is 18.5 Å². The third-order valence-electron chi connectivity index (χ3n) is 4.49. The Kier molecular flexibility index (Phi) is 5.57. The first kappa shape index (κ1) is 17.7. The van der Waals surface area contributed by atoms with Crippen LogP contribution < -0.4 is 5.32 Å². The Morgan fingerprint density at radius 1 is 1.36 bits per heavy atom. The van der Waals surface area contributed by atoms with E-state index in [0.717, 1.165) is 48.7 Å². The van der Waals surface area contributed by atoms with Crippen LogP contribution in [-0.4, -0.2) is 66.1 Å². The number of hydrogen-bond acceptors (Lipinski definition) is 6. The van der Waals surface area contributed by atoms with Crippen LogP contribution in [-0.2, 0) is 20.9 Å². The summed E-state index contributed by atoms with van der Waals surface area (Å²) >= 11 is 1.13. The van der Waals surface area contributed by atoms with Gasteiger partial charge in [-0.05, 0) is 32.0 Å². The molecule has 3 rings (SSSR count). The molecule has 0 aromatic heterocycles. The average Bonchev–Trinajstić information content (AvgIpc) is 3.04. The van der Waals surface area contributed by atoms with E-state index in [1.165, 1.54) is 0 Å². The van der Waals surface area contributed by atoms with E-state index in [2.05, 4.69) is 18.9 Å². The number of amides is 1. The zero-order chi connectivity index (χ0) is 17.8. The molecule has 2 aliphatic heterocycles. The van der Waals surface area contributed by atoms with Gasteiger partial charge in [0.25, 0.3) is 0 Å². The van der Waals surface area contributed by atoms with Crippen molar-refractivity contribution in [1.82, 2.24) is 9.80 Å². The standard InChI is InChI=1S/C16H21N5O3S/c1-20(10-15(23)24)11-5-7-21(8-6-11)9-14(22)17-12-3-2-4-13-16(12)19-25-18-13/h2-4,11H,5-10H2,1H3,(H,17,22)(H,23,24). The predicted octanol–water partition coefficient (Wildman–Crippen LogP) is 1.83. The monoisotopic (exact) mass is 363 g/mol. The molecule has 0 atom stereocenters. The zero-order valence-electron chi connectivity index (χ0n) is 14.0. The summed E-state index contributed by atoms with van der Waals surface area (Å²) in [5, 5.41) is 11.8. The first-order chi connectivity index (χ1) is 12.0. The fourth-order valence-corrected chi connectivity index (χ4v) is 3.71. The minimum Gasteiger partial charge on any atom is -0.480 e. The van der Waals surface area contributed by atoms with Crippen molar-refractivity contribution >= 4 is 40.3 Å². The minimum absolute atomic E-state index is 0.0524. The lowest BCUT2D eigenvalue weighted by atomic mass is 10.0. The summed E-state index contributed by atoms with van der Waals surface area (Å²) in [6, 6.07) is 5.80. The summed E-state index contributed by atoms with van der Waals surface area (Å²) in [5.41, 5.74) is 2.19. The second kappa shape index (κ2) is 7.85. The molecule has 2 N–H and O–H groups in total. The molecule has 1 fully saturated rings. The second-order valence-corrected chi connectivity index (χ2v) is 6.83. The number of hydrogen-bond donors (Lipinski definition) is 2. The molecule has 0 saturated carbocycles. The number of benzene rings is 1. The highest BCUT2D eigenvalue weighted by Gasteiger charge is 2.25. The van der Waals surface area contributed by atoms with Crippen LogP contribution in [0.5, 0.6) is 0 Å². The van der Waals surface area contributed by atoms with Crippen molar-refractivity contribution in [3.8, 4) is 0 Å². The Balaban J connectivity index is 1.48. The number of anilines is 1. The maximum Gasteiger partial charge on any atom is 0.317 e. The molecule has 0 aliphatic carbocycles. The lowest BCUT2D eigenvalue weighted by Gasteiger charge is -2.35. The number of carbonyl (C=O) groups excluding carboxylic acids is 1. The third-order valence-corrected chi connectivity index (χ3v) is 5.03. The molecular formula is C16H21N5O3S. The van der Waals surface area contributed by atoms with Gasteiger partial charge in [0.05, 0.1) is 30.1 Å². The number of carbonyl (C=O) groups is 2. The number of rotatable bonds is 6. The van der Waals surface area contributed by atoms with Gasteiger partial charge in [-0.1, -0.05) is 6.07 Å². The van der Waals surface area contributed by atoms with Crippen molar-refractivity contribution in [2.45, 2.75) is 18.9 Å². The number of nitrogens with one attached hydrogen (secondary N) is 1. The lowest BCUT2D eigenvalue weighted by Crippen LogP contribution is -2.46. The van der Waals surface area contributed by atoms with Crippen LogP contribution in [0.1, 0.15) is 12.8 Å². The van der Waals surface area contributed by atoms with Gasteiger partial charge >= 0.3 is 5.97 Å². The van der Waals surface area contributed by atoms with E-state index in [1.54, 1.807) is 0 Å². The number of carboxylic acid groups (broad SMARTS) is 1. The molecule has 134 valence electrons. The topological polar surface area (TPSA) is 97.6 Å². The van der Waals surface area contributed by atoms with Crippen LogP contribution in [0, 0.1) is 0 Å². The SMILES string of the molecule is CN(CC(=O)O)C1CCN(CC(=O)Nc2cccc3c2N=S=N3)CC1. The summed E-state index contributed by atoms with van der Waals surface area (Å²) in [6.07, 6.45) is 1.73. The molecule has 0 radical (unpaired) electrons. The molecule has 2 heterocycles. The van der Waals surface area contributed by atoms with Gasteiger partial charge in [0.1, 0.15) is 11.4 Å². The van der Waals surface area contributed by atoms with Crippen LogP contribution in [0.15, 0.2) is 26.9 Å². The maximum atomic E-state index is 12.3. The van der Waals surface area contributed by atoms with Crippen LogP contribution in [0.2, 0.25) is 0 Å². The Morgan fingerprint density at radius 3 is 2.84 bits per heavy atom. The van der Waals surface area contributed by atoms with Crippen molar-refractivity contribution < 1.29 is 14.7 Å². The Labute approximate surface area is 149 Å². The van der Waals surface area contributed by atoms with Crippen LogP contribution >= 0.6 is 0 Å². The number of fused-ring (bicyclic) bond motifs is 1. The maximum absolute atomic E-state index is 12.3. The molecular weight excluding hydrogens is 342 g/mol. The summed E-state index contributed by atoms with van der Waals surface area (Å²) in [6.45, 7) is 1.94. The highest BCUT2D eigenvalue weighted by molar-refractivity contribution is 7.58.